The fourth-order valence-corrected chi connectivity index (χ4v) is 1.83. The summed E-state index contributed by atoms with van der Waals surface area (Å²) in [6.07, 6.45) is -3.09. The summed E-state index contributed by atoms with van der Waals surface area (Å²) in [4.78, 5) is 15.0. The summed E-state index contributed by atoms with van der Waals surface area (Å²) in [6.45, 7) is 2.09. The molecule has 0 aliphatic carbocycles. The number of ketones is 1. The van der Waals surface area contributed by atoms with Crippen LogP contribution in [0.1, 0.15) is 36.0 Å². The number of nitrogens with zero attached hydrogens (tertiary/aromatic N) is 2. The predicted molar refractivity (Wildman–Crippen MR) is 74.8 cm³/mol. The molecular formula is C15H14F4N2O3. The van der Waals surface area contributed by atoms with Crippen LogP contribution in [0, 0.1) is 5.82 Å². The number of Topliss-reactive ketones (excluding diaryl/α,β-unsaturated/α-hetero) is 1. The van der Waals surface area contributed by atoms with Crippen LogP contribution in [0.3, 0.4) is 0 Å². The molecule has 2 rings (SSSR count). The van der Waals surface area contributed by atoms with Crippen molar-refractivity contribution in [2.24, 2.45) is 0 Å². The van der Waals surface area contributed by atoms with Crippen molar-refractivity contribution in [3.8, 4) is 11.4 Å². The summed E-state index contributed by atoms with van der Waals surface area (Å²) in [5.74, 6) is -3.39. The number of benzene rings is 1. The molecular weight excluding hydrogens is 332 g/mol. The van der Waals surface area contributed by atoms with E-state index in [1.165, 1.54) is 6.07 Å². The van der Waals surface area contributed by atoms with Gasteiger partial charge in [0.2, 0.25) is 5.82 Å². The quantitative estimate of drug-likeness (QED) is 0.432. The van der Waals surface area contributed by atoms with Gasteiger partial charge >= 0.3 is 12.1 Å². The lowest BCUT2D eigenvalue weighted by atomic mass is 10.1. The highest BCUT2D eigenvalue weighted by Gasteiger charge is 2.38. The van der Waals surface area contributed by atoms with Gasteiger partial charge in [0.15, 0.2) is 5.78 Å². The monoisotopic (exact) mass is 346 g/mol. The second-order valence-electron chi connectivity index (χ2n) is 4.94. The third kappa shape index (κ3) is 4.38. The van der Waals surface area contributed by atoms with Crippen LogP contribution in [0.4, 0.5) is 17.6 Å². The van der Waals surface area contributed by atoms with Crippen LogP contribution >= 0.6 is 0 Å². The lowest BCUT2D eigenvalue weighted by Gasteiger charge is -2.05. The first kappa shape index (κ1) is 18.1. The van der Waals surface area contributed by atoms with E-state index in [1.807, 2.05) is 6.92 Å². The van der Waals surface area contributed by atoms with Crippen molar-refractivity contribution in [1.29, 1.82) is 0 Å². The average Bonchev–Trinajstić information content (AvgIpc) is 3.01. The molecule has 1 aromatic carbocycles. The van der Waals surface area contributed by atoms with E-state index in [0.29, 0.717) is 6.61 Å². The van der Waals surface area contributed by atoms with Gasteiger partial charge in [-0.2, -0.15) is 18.2 Å². The summed E-state index contributed by atoms with van der Waals surface area (Å²) in [7, 11) is 0. The molecule has 9 heteroatoms. The predicted octanol–water partition coefficient (Wildman–Crippen LogP) is 3.89. The number of hydrogen-bond donors (Lipinski definition) is 0. The summed E-state index contributed by atoms with van der Waals surface area (Å²) in [5.41, 5.74) is -0.245. The number of carbonyl (C=O) groups excluding carboxylic acids is 1. The zero-order valence-corrected chi connectivity index (χ0v) is 12.7. The Morgan fingerprint density at radius 2 is 2.08 bits per heavy atom. The molecule has 0 fully saturated rings. The van der Waals surface area contributed by atoms with E-state index in [2.05, 4.69) is 14.7 Å². The fraction of sp³-hybridized carbons (Fsp3) is 0.400. The molecule has 0 atom stereocenters. The highest BCUT2D eigenvalue weighted by Crippen LogP contribution is 2.29. The van der Waals surface area contributed by atoms with Crippen LogP contribution in [-0.4, -0.2) is 29.1 Å². The van der Waals surface area contributed by atoms with Crippen molar-refractivity contribution in [1.82, 2.24) is 10.1 Å². The minimum absolute atomic E-state index is 0.0322. The van der Waals surface area contributed by atoms with Crippen molar-refractivity contribution >= 4 is 5.78 Å². The van der Waals surface area contributed by atoms with Crippen LogP contribution in [0.15, 0.2) is 22.7 Å². The molecule has 0 radical (unpaired) electrons. The number of alkyl halides is 3. The van der Waals surface area contributed by atoms with Crippen LogP contribution in [0.2, 0.25) is 0 Å². The number of rotatable bonds is 7. The number of unbranched alkanes of at least 4 members (excludes halogenated alkanes) is 1. The zero-order valence-electron chi connectivity index (χ0n) is 12.7. The van der Waals surface area contributed by atoms with Gasteiger partial charge in [-0.3, -0.25) is 4.79 Å². The molecule has 130 valence electrons. The summed E-state index contributed by atoms with van der Waals surface area (Å²) in [6, 6.07) is 3.28. The van der Waals surface area contributed by atoms with Crippen LogP contribution in [-0.2, 0) is 10.9 Å². The maximum atomic E-state index is 14.0. The first-order valence-electron chi connectivity index (χ1n) is 7.14. The van der Waals surface area contributed by atoms with Gasteiger partial charge in [0.1, 0.15) is 12.4 Å². The Bertz CT molecular complexity index is 713. The third-order valence-electron chi connectivity index (χ3n) is 3.07. The minimum atomic E-state index is -4.78. The zero-order chi connectivity index (χ0) is 17.7. The Balaban J connectivity index is 2.12. The van der Waals surface area contributed by atoms with Crippen molar-refractivity contribution < 1.29 is 31.6 Å². The van der Waals surface area contributed by atoms with Gasteiger partial charge < -0.3 is 9.26 Å². The first-order valence-corrected chi connectivity index (χ1v) is 7.14. The Kier molecular flexibility index (Phi) is 5.66. The maximum absolute atomic E-state index is 14.0. The van der Waals surface area contributed by atoms with Gasteiger partial charge in [0.25, 0.3) is 0 Å². The summed E-state index contributed by atoms with van der Waals surface area (Å²) in [5, 5.41) is 3.16. The van der Waals surface area contributed by atoms with E-state index < -0.39 is 29.5 Å². The van der Waals surface area contributed by atoms with E-state index in [-0.39, 0.29) is 17.7 Å². The standard InChI is InChI=1S/C15H14F4N2O3/c1-2-3-6-23-8-12(22)10-5-4-9(7-11(10)16)13-20-14(24-21-13)15(17,18)19/h4-5,7H,2-3,6,8H2,1H3. The second kappa shape index (κ2) is 7.52. The SMILES string of the molecule is CCCCOCC(=O)c1ccc(-c2noc(C(F)(F)F)n2)cc1F. The minimum Gasteiger partial charge on any atom is -0.373 e. The van der Waals surface area contributed by atoms with E-state index in [9.17, 15) is 22.4 Å². The Hall–Kier alpha value is -2.29. The molecule has 0 aliphatic rings. The van der Waals surface area contributed by atoms with Gasteiger partial charge in [0, 0.05) is 12.2 Å². The molecule has 0 saturated carbocycles. The van der Waals surface area contributed by atoms with Gasteiger partial charge in [0.05, 0.1) is 5.56 Å². The van der Waals surface area contributed by atoms with Crippen molar-refractivity contribution in [3.63, 3.8) is 0 Å². The number of hydrogen-bond acceptors (Lipinski definition) is 5. The van der Waals surface area contributed by atoms with Crippen LogP contribution in [0.5, 0.6) is 0 Å². The molecule has 0 N–H and O–H groups in total. The van der Waals surface area contributed by atoms with E-state index >= 15 is 0 Å². The molecule has 2 aromatic rings. The lowest BCUT2D eigenvalue weighted by Crippen LogP contribution is -2.11. The number of ether oxygens (including phenoxy) is 1. The van der Waals surface area contributed by atoms with Crippen molar-refractivity contribution in [2.75, 3.05) is 13.2 Å². The smallest absolute Gasteiger partial charge is 0.373 e. The molecule has 24 heavy (non-hydrogen) atoms. The highest BCUT2D eigenvalue weighted by atomic mass is 19.4. The summed E-state index contributed by atoms with van der Waals surface area (Å²) >= 11 is 0. The molecule has 0 amide bonds. The largest absolute Gasteiger partial charge is 0.471 e. The Morgan fingerprint density at radius 3 is 2.67 bits per heavy atom. The van der Waals surface area contributed by atoms with E-state index in [0.717, 1.165) is 25.0 Å². The molecule has 1 heterocycles. The lowest BCUT2D eigenvalue weighted by molar-refractivity contribution is -0.159. The van der Waals surface area contributed by atoms with Gasteiger partial charge in [-0.15, -0.1) is 0 Å². The molecule has 5 nitrogen and oxygen atoms in total. The van der Waals surface area contributed by atoms with Gasteiger partial charge in [-0.1, -0.05) is 24.6 Å². The molecule has 0 saturated heterocycles. The normalized spacial score (nSPS) is 11.7. The summed E-state index contributed by atoms with van der Waals surface area (Å²) < 4.78 is 60.5. The number of carbonyl (C=O) groups is 1. The maximum Gasteiger partial charge on any atom is 0.471 e. The molecule has 0 aliphatic heterocycles. The van der Waals surface area contributed by atoms with Crippen molar-refractivity contribution in [3.05, 3.63) is 35.5 Å². The van der Waals surface area contributed by atoms with Gasteiger partial charge in [-0.25, -0.2) is 4.39 Å². The first-order chi connectivity index (χ1) is 11.3. The second-order valence-corrected chi connectivity index (χ2v) is 4.94. The fourth-order valence-electron chi connectivity index (χ4n) is 1.83. The van der Waals surface area contributed by atoms with E-state index in [1.54, 1.807) is 0 Å². The average molecular weight is 346 g/mol. The number of halogens is 4. The highest BCUT2D eigenvalue weighted by molar-refractivity contribution is 5.97. The molecule has 1 aromatic heterocycles. The van der Waals surface area contributed by atoms with Crippen molar-refractivity contribution in [2.45, 2.75) is 25.9 Å². The Morgan fingerprint density at radius 1 is 1.33 bits per heavy atom. The molecule has 0 unspecified atom stereocenters. The molecule has 0 bridgehead atoms. The van der Waals surface area contributed by atoms with Crippen LogP contribution in [0.25, 0.3) is 11.4 Å². The third-order valence-corrected chi connectivity index (χ3v) is 3.07. The van der Waals surface area contributed by atoms with E-state index in [4.69, 9.17) is 4.74 Å². The Labute approximate surface area is 134 Å². The number of aromatic nitrogens is 2. The topological polar surface area (TPSA) is 65.2 Å². The molecule has 0 spiro atoms. The van der Waals surface area contributed by atoms with Gasteiger partial charge in [-0.05, 0) is 18.6 Å². The van der Waals surface area contributed by atoms with Crippen LogP contribution < -0.4 is 0 Å².